The smallest absolute Gasteiger partial charge is 0.140 e. The third-order valence-corrected chi connectivity index (χ3v) is 5.72. The van der Waals surface area contributed by atoms with E-state index in [4.69, 9.17) is 5.73 Å². The molecular formula is C13H20IN3S. The van der Waals surface area contributed by atoms with Gasteiger partial charge in [-0.15, -0.1) is 0 Å². The molecule has 1 heterocycles. The molecule has 0 amide bonds. The van der Waals surface area contributed by atoms with Gasteiger partial charge in [0.25, 0.3) is 0 Å². The number of hydrogen-bond acceptors (Lipinski definition) is 4. The summed E-state index contributed by atoms with van der Waals surface area (Å²) < 4.78 is 1.01. The fourth-order valence-electron chi connectivity index (χ4n) is 2.23. The Morgan fingerprint density at radius 3 is 2.61 bits per heavy atom. The van der Waals surface area contributed by atoms with Crippen LogP contribution in [0.25, 0.3) is 0 Å². The molecule has 0 spiro atoms. The zero-order chi connectivity index (χ0) is 13.1. The summed E-state index contributed by atoms with van der Waals surface area (Å²) in [5, 5.41) is 0.802. The molecule has 18 heavy (non-hydrogen) atoms. The molecule has 2 rings (SSSR count). The van der Waals surface area contributed by atoms with Gasteiger partial charge in [-0.3, -0.25) is 0 Å². The van der Waals surface area contributed by atoms with Crippen LogP contribution < -0.4 is 5.73 Å². The van der Waals surface area contributed by atoms with Crippen molar-refractivity contribution in [2.45, 2.75) is 56.5 Å². The predicted molar refractivity (Wildman–Crippen MR) is 86.8 cm³/mol. The molecule has 100 valence electrons. The molecule has 0 unspecified atom stereocenters. The Morgan fingerprint density at radius 1 is 1.33 bits per heavy atom. The number of rotatable bonds is 4. The van der Waals surface area contributed by atoms with Gasteiger partial charge in [0, 0.05) is 5.25 Å². The molecule has 1 aromatic heterocycles. The van der Waals surface area contributed by atoms with Gasteiger partial charge in [-0.05, 0) is 41.4 Å². The van der Waals surface area contributed by atoms with Crippen LogP contribution in [0, 0.1) is 3.57 Å². The minimum atomic E-state index is 0.400. The quantitative estimate of drug-likeness (QED) is 0.807. The van der Waals surface area contributed by atoms with Crippen molar-refractivity contribution in [1.82, 2.24) is 9.97 Å². The van der Waals surface area contributed by atoms with E-state index in [2.05, 4.69) is 46.4 Å². The lowest BCUT2D eigenvalue weighted by Crippen LogP contribution is -2.08. The number of nitrogen functional groups attached to an aromatic ring is 1. The lowest BCUT2D eigenvalue weighted by Gasteiger charge is -2.12. The highest BCUT2D eigenvalue weighted by Gasteiger charge is 2.17. The van der Waals surface area contributed by atoms with Crippen LogP contribution in [0.3, 0.4) is 0 Å². The minimum absolute atomic E-state index is 0.400. The van der Waals surface area contributed by atoms with E-state index in [9.17, 15) is 0 Å². The Hall–Kier alpha value is -0.0400. The maximum absolute atomic E-state index is 5.98. The van der Waals surface area contributed by atoms with E-state index >= 15 is 0 Å². The van der Waals surface area contributed by atoms with Crippen molar-refractivity contribution in [2.24, 2.45) is 0 Å². The molecule has 0 radical (unpaired) electrons. The maximum Gasteiger partial charge on any atom is 0.140 e. The standard InChI is InChI=1S/C13H20IN3S/c1-8(2)12-11(14)13(15)17-10(16-12)7-18-9-5-3-4-6-9/h8-9H,3-7H2,1-2H3,(H2,15,16,17). The molecular weight excluding hydrogens is 357 g/mol. The van der Waals surface area contributed by atoms with Gasteiger partial charge in [0.05, 0.1) is 15.0 Å². The van der Waals surface area contributed by atoms with E-state index < -0.39 is 0 Å². The summed E-state index contributed by atoms with van der Waals surface area (Å²) >= 11 is 4.24. The molecule has 0 saturated heterocycles. The Balaban J connectivity index is 2.07. The highest BCUT2D eigenvalue weighted by Crippen LogP contribution is 2.32. The summed E-state index contributed by atoms with van der Waals surface area (Å²) in [7, 11) is 0. The summed E-state index contributed by atoms with van der Waals surface area (Å²) in [6, 6.07) is 0. The van der Waals surface area contributed by atoms with Crippen LogP contribution >= 0.6 is 34.4 Å². The van der Waals surface area contributed by atoms with Crippen LogP contribution in [-0.4, -0.2) is 15.2 Å². The van der Waals surface area contributed by atoms with E-state index in [1.165, 1.54) is 25.7 Å². The number of aromatic nitrogens is 2. The molecule has 0 atom stereocenters. The van der Waals surface area contributed by atoms with E-state index in [0.717, 1.165) is 26.1 Å². The molecule has 0 aromatic carbocycles. The van der Waals surface area contributed by atoms with Crippen LogP contribution in [0.1, 0.15) is 57.0 Å². The van der Waals surface area contributed by atoms with Gasteiger partial charge < -0.3 is 5.73 Å². The fraction of sp³-hybridized carbons (Fsp3) is 0.692. The number of halogens is 1. The average Bonchev–Trinajstić information content (AvgIpc) is 2.83. The molecule has 5 heteroatoms. The average molecular weight is 377 g/mol. The summed E-state index contributed by atoms with van der Waals surface area (Å²) in [4.78, 5) is 9.09. The fourth-order valence-corrected chi connectivity index (χ4v) is 4.27. The predicted octanol–water partition coefficient (Wildman–Crippen LogP) is 3.96. The van der Waals surface area contributed by atoms with E-state index in [1.807, 2.05) is 11.8 Å². The molecule has 3 nitrogen and oxygen atoms in total. The van der Waals surface area contributed by atoms with Crippen LogP contribution in [0.2, 0.25) is 0 Å². The van der Waals surface area contributed by atoms with Gasteiger partial charge >= 0.3 is 0 Å². The maximum atomic E-state index is 5.98. The van der Waals surface area contributed by atoms with Crippen molar-refractivity contribution in [2.75, 3.05) is 5.73 Å². The van der Waals surface area contributed by atoms with Gasteiger partial charge in [-0.2, -0.15) is 11.8 Å². The topological polar surface area (TPSA) is 51.8 Å². The van der Waals surface area contributed by atoms with E-state index in [1.54, 1.807) is 0 Å². The largest absolute Gasteiger partial charge is 0.383 e. The molecule has 0 bridgehead atoms. The Morgan fingerprint density at radius 2 is 2.00 bits per heavy atom. The second-order valence-electron chi connectivity index (χ2n) is 5.10. The Kier molecular flexibility index (Phi) is 5.12. The lowest BCUT2D eigenvalue weighted by molar-refractivity contribution is 0.792. The van der Waals surface area contributed by atoms with Gasteiger partial charge in [-0.25, -0.2) is 9.97 Å². The van der Waals surface area contributed by atoms with Crippen molar-refractivity contribution in [3.8, 4) is 0 Å². The molecule has 1 saturated carbocycles. The van der Waals surface area contributed by atoms with Gasteiger partial charge in [0.2, 0.25) is 0 Å². The molecule has 1 fully saturated rings. The zero-order valence-corrected chi connectivity index (χ0v) is 13.9. The van der Waals surface area contributed by atoms with Crippen LogP contribution in [-0.2, 0) is 5.75 Å². The molecule has 1 aliphatic rings. The number of nitrogens with zero attached hydrogens (tertiary/aromatic N) is 2. The lowest BCUT2D eigenvalue weighted by atomic mass is 10.1. The van der Waals surface area contributed by atoms with Crippen LogP contribution in [0.4, 0.5) is 5.82 Å². The van der Waals surface area contributed by atoms with Crippen molar-refractivity contribution >= 4 is 40.2 Å². The van der Waals surface area contributed by atoms with Crippen molar-refractivity contribution < 1.29 is 0 Å². The normalized spacial score (nSPS) is 16.7. The molecule has 0 aliphatic heterocycles. The minimum Gasteiger partial charge on any atom is -0.383 e. The zero-order valence-electron chi connectivity index (χ0n) is 10.9. The summed E-state index contributed by atoms with van der Waals surface area (Å²) in [5.41, 5.74) is 7.06. The first-order chi connectivity index (χ1) is 8.58. The van der Waals surface area contributed by atoms with Gasteiger partial charge in [-0.1, -0.05) is 26.7 Å². The van der Waals surface area contributed by atoms with Crippen molar-refractivity contribution in [1.29, 1.82) is 0 Å². The van der Waals surface area contributed by atoms with Crippen molar-refractivity contribution in [3.05, 3.63) is 15.1 Å². The number of nitrogens with two attached hydrogens (primary N) is 1. The third kappa shape index (κ3) is 3.50. The summed E-state index contributed by atoms with van der Waals surface area (Å²) in [5.74, 6) is 2.83. The van der Waals surface area contributed by atoms with Crippen molar-refractivity contribution in [3.63, 3.8) is 0 Å². The van der Waals surface area contributed by atoms with E-state index in [-0.39, 0.29) is 0 Å². The first-order valence-corrected chi connectivity index (χ1v) is 8.64. The Bertz CT molecular complexity index is 417. The monoisotopic (exact) mass is 377 g/mol. The van der Waals surface area contributed by atoms with Crippen LogP contribution in [0.15, 0.2) is 0 Å². The van der Waals surface area contributed by atoms with E-state index in [0.29, 0.717) is 11.7 Å². The highest BCUT2D eigenvalue weighted by molar-refractivity contribution is 14.1. The highest BCUT2D eigenvalue weighted by atomic mass is 127. The number of anilines is 1. The number of hydrogen-bond donors (Lipinski definition) is 1. The van der Waals surface area contributed by atoms with Crippen LogP contribution in [0.5, 0.6) is 0 Å². The van der Waals surface area contributed by atoms with Gasteiger partial charge in [0.1, 0.15) is 11.6 Å². The SMILES string of the molecule is CC(C)c1nc(CSC2CCCC2)nc(N)c1I. The first-order valence-electron chi connectivity index (χ1n) is 6.51. The molecule has 2 N–H and O–H groups in total. The second-order valence-corrected chi connectivity index (χ2v) is 7.46. The molecule has 1 aromatic rings. The third-order valence-electron chi connectivity index (χ3n) is 3.25. The number of thioether (sulfide) groups is 1. The summed E-state index contributed by atoms with van der Waals surface area (Å²) in [6.45, 7) is 4.30. The first kappa shape index (κ1) is 14.4. The Labute approximate surface area is 127 Å². The summed E-state index contributed by atoms with van der Waals surface area (Å²) in [6.07, 6.45) is 5.46. The molecule has 1 aliphatic carbocycles. The van der Waals surface area contributed by atoms with Gasteiger partial charge in [0.15, 0.2) is 0 Å². The second kappa shape index (κ2) is 6.41.